The summed E-state index contributed by atoms with van der Waals surface area (Å²) in [7, 11) is 4.37. The predicted molar refractivity (Wildman–Crippen MR) is 106 cm³/mol. The molecule has 1 aromatic heterocycles. The summed E-state index contributed by atoms with van der Waals surface area (Å²) in [6.07, 6.45) is 2.57. The van der Waals surface area contributed by atoms with Crippen LogP contribution in [0.1, 0.15) is 29.8 Å². The molecular weight excluding hydrogens is 338 g/mol. The summed E-state index contributed by atoms with van der Waals surface area (Å²) in [5, 5.41) is 14.5. The first-order valence-corrected chi connectivity index (χ1v) is 10.0. The zero-order valence-electron chi connectivity index (χ0n) is 16.5. The van der Waals surface area contributed by atoms with Gasteiger partial charge in [-0.2, -0.15) is 5.10 Å². The third-order valence-corrected chi connectivity index (χ3v) is 5.84. The van der Waals surface area contributed by atoms with Gasteiger partial charge in [-0.05, 0) is 57.2 Å². The van der Waals surface area contributed by atoms with E-state index in [9.17, 15) is 5.11 Å². The van der Waals surface area contributed by atoms with E-state index in [2.05, 4.69) is 45.6 Å². The lowest BCUT2D eigenvalue weighted by atomic mass is 10.0. The Morgan fingerprint density at radius 1 is 1.11 bits per heavy atom. The summed E-state index contributed by atoms with van der Waals surface area (Å²) < 4.78 is 2.18. The van der Waals surface area contributed by atoms with E-state index in [1.165, 1.54) is 30.8 Å². The summed E-state index contributed by atoms with van der Waals surface area (Å²) in [5.74, 6) is 0.342. The van der Waals surface area contributed by atoms with Gasteiger partial charge in [0.05, 0.1) is 17.9 Å². The van der Waals surface area contributed by atoms with Gasteiger partial charge in [0.25, 0.3) is 0 Å². The topological polar surface area (TPSA) is 47.8 Å². The van der Waals surface area contributed by atoms with Crippen molar-refractivity contribution in [3.63, 3.8) is 0 Å². The fourth-order valence-electron chi connectivity index (χ4n) is 4.33. The van der Waals surface area contributed by atoms with Gasteiger partial charge in [0.15, 0.2) is 0 Å². The van der Waals surface area contributed by atoms with E-state index < -0.39 is 0 Å². The van der Waals surface area contributed by atoms with Crippen molar-refractivity contribution < 1.29 is 5.11 Å². The highest BCUT2D eigenvalue weighted by molar-refractivity contribution is 5.27. The van der Waals surface area contributed by atoms with Crippen LogP contribution >= 0.6 is 0 Å². The van der Waals surface area contributed by atoms with Crippen molar-refractivity contribution in [3.8, 4) is 5.75 Å². The summed E-state index contributed by atoms with van der Waals surface area (Å²) >= 11 is 0. The van der Waals surface area contributed by atoms with Gasteiger partial charge in [-0.3, -0.25) is 14.5 Å². The van der Waals surface area contributed by atoms with Crippen molar-refractivity contribution in [1.29, 1.82) is 0 Å². The summed E-state index contributed by atoms with van der Waals surface area (Å²) in [4.78, 5) is 7.33. The molecule has 2 aromatic rings. The van der Waals surface area contributed by atoms with Crippen LogP contribution in [0.4, 0.5) is 0 Å². The summed E-state index contributed by atoms with van der Waals surface area (Å²) in [6, 6.07) is 10.5. The van der Waals surface area contributed by atoms with Crippen LogP contribution in [0, 0.1) is 0 Å². The van der Waals surface area contributed by atoms with Crippen molar-refractivity contribution in [2.75, 3.05) is 33.7 Å². The fourth-order valence-corrected chi connectivity index (χ4v) is 4.33. The van der Waals surface area contributed by atoms with E-state index in [1.54, 1.807) is 6.07 Å². The number of phenols is 1. The number of phenolic OH excluding ortho intramolecular Hbond substituents is 1. The molecule has 6 nitrogen and oxygen atoms in total. The summed E-state index contributed by atoms with van der Waals surface area (Å²) in [5.41, 5.74) is 3.66. The summed E-state index contributed by atoms with van der Waals surface area (Å²) in [6.45, 7) is 6.99. The Hall–Kier alpha value is -1.89. The zero-order chi connectivity index (χ0) is 18.8. The number of nitrogens with zero attached hydrogens (tertiary/aromatic N) is 5. The lowest BCUT2D eigenvalue weighted by molar-refractivity contribution is 0.126. The second-order valence-electron chi connectivity index (χ2n) is 8.23. The molecule has 2 aliphatic heterocycles. The number of aromatic nitrogens is 2. The Bertz CT molecular complexity index is 772. The number of piperidine rings is 1. The van der Waals surface area contributed by atoms with Crippen LogP contribution in [0.25, 0.3) is 0 Å². The van der Waals surface area contributed by atoms with E-state index in [1.807, 2.05) is 12.1 Å². The van der Waals surface area contributed by atoms with Crippen molar-refractivity contribution in [2.24, 2.45) is 0 Å². The number of aromatic hydroxyl groups is 1. The Kier molecular flexibility index (Phi) is 5.48. The van der Waals surface area contributed by atoms with Crippen molar-refractivity contribution in [1.82, 2.24) is 24.5 Å². The number of benzene rings is 1. The molecule has 146 valence electrons. The predicted octanol–water partition coefficient (Wildman–Crippen LogP) is 2.13. The molecule has 1 fully saturated rings. The molecule has 1 saturated heterocycles. The van der Waals surface area contributed by atoms with Gasteiger partial charge >= 0.3 is 0 Å². The largest absolute Gasteiger partial charge is 0.508 e. The number of rotatable bonds is 5. The monoisotopic (exact) mass is 369 g/mol. The van der Waals surface area contributed by atoms with Crippen LogP contribution in [-0.2, 0) is 26.2 Å². The van der Waals surface area contributed by atoms with Crippen LogP contribution < -0.4 is 0 Å². The number of hydrogen-bond donors (Lipinski definition) is 1. The second-order valence-corrected chi connectivity index (χ2v) is 8.23. The molecule has 1 unspecified atom stereocenters. The van der Waals surface area contributed by atoms with E-state index >= 15 is 0 Å². The van der Waals surface area contributed by atoms with Crippen LogP contribution in [0.2, 0.25) is 0 Å². The van der Waals surface area contributed by atoms with Gasteiger partial charge in [-0.25, -0.2) is 0 Å². The van der Waals surface area contributed by atoms with Gasteiger partial charge in [0.2, 0.25) is 0 Å². The highest BCUT2D eigenvalue weighted by Crippen LogP contribution is 2.20. The molecule has 0 spiro atoms. The molecule has 0 aliphatic carbocycles. The maximum absolute atomic E-state index is 9.67. The first-order chi connectivity index (χ1) is 13.1. The quantitative estimate of drug-likeness (QED) is 0.875. The fraction of sp³-hybridized carbons (Fsp3) is 0.571. The standard InChI is InChI=1S/C21H31N5O/c1-23(2)19-6-4-8-24(15-19)14-18-12-20-16-25(9-10-26(20)22-18)13-17-5-3-7-21(27)11-17/h3,5,7,11-12,19,27H,4,6,8-10,13-16H2,1-2H3. The highest BCUT2D eigenvalue weighted by atomic mass is 16.3. The van der Waals surface area contributed by atoms with Gasteiger partial charge in [0.1, 0.15) is 5.75 Å². The van der Waals surface area contributed by atoms with Gasteiger partial charge in [-0.1, -0.05) is 12.1 Å². The van der Waals surface area contributed by atoms with E-state index in [0.717, 1.165) is 44.8 Å². The number of hydrogen-bond acceptors (Lipinski definition) is 5. The number of likely N-dealkylation sites (tertiary alicyclic amines) is 1. The van der Waals surface area contributed by atoms with Gasteiger partial charge in [-0.15, -0.1) is 0 Å². The first kappa shape index (κ1) is 18.5. The van der Waals surface area contributed by atoms with Crippen LogP contribution in [0.3, 0.4) is 0 Å². The van der Waals surface area contributed by atoms with E-state index in [0.29, 0.717) is 11.8 Å². The van der Waals surface area contributed by atoms with E-state index in [4.69, 9.17) is 5.10 Å². The van der Waals surface area contributed by atoms with E-state index in [-0.39, 0.29) is 0 Å². The Morgan fingerprint density at radius 3 is 2.81 bits per heavy atom. The zero-order valence-corrected chi connectivity index (χ0v) is 16.5. The molecule has 6 heteroatoms. The molecule has 1 N–H and O–H groups in total. The number of fused-ring (bicyclic) bond motifs is 1. The smallest absolute Gasteiger partial charge is 0.115 e. The normalized spacial score (nSPS) is 21.5. The molecule has 1 atom stereocenters. The SMILES string of the molecule is CN(C)C1CCCN(Cc2cc3n(n2)CCN(Cc2cccc(O)c2)C3)C1. The van der Waals surface area contributed by atoms with Crippen LogP contribution in [0.5, 0.6) is 5.75 Å². The Labute approximate surface area is 162 Å². The van der Waals surface area contributed by atoms with Gasteiger partial charge in [0, 0.05) is 38.8 Å². The van der Waals surface area contributed by atoms with Crippen LogP contribution in [0.15, 0.2) is 30.3 Å². The average molecular weight is 370 g/mol. The van der Waals surface area contributed by atoms with Crippen LogP contribution in [-0.4, -0.2) is 69.4 Å². The minimum absolute atomic E-state index is 0.342. The Morgan fingerprint density at radius 2 is 2.00 bits per heavy atom. The minimum Gasteiger partial charge on any atom is -0.508 e. The average Bonchev–Trinajstić information content (AvgIpc) is 3.03. The molecular formula is C21H31N5O. The molecule has 2 aliphatic rings. The number of likely N-dealkylation sites (N-methyl/N-ethyl adjacent to an activating group) is 1. The highest BCUT2D eigenvalue weighted by Gasteiger charge is 2.23. The molecule has 3 heterocycles. The first-order valence-electron chi connectivity index (χ1n) is 10.0. The molecule has 0 saturated carbocycles. The molecule has 0 amide bonds. The minimum atomic E-state index is 0.342. The molecule has 0 radical (unpaired) electrons. The molecule has 0 bridgehead atoms. The molecule has 4 rings (SSSR count). The maximum Gasteiger partial charge on any atom is 0.115 e. The van der Waals surface area contributed by atoms with Crippen molar-refractivity contribution >= 4 is 0 Å². The van der Waals surface area contributed by atoms with Crippen molar-refractivity contribution in [3.05, 3.63) is 47.3 Å². The third-order valence-electron chi connectivity index (χ3n) is 5.84. The molecule has 1 aromatic carbocycles. The third kappa shape index (κ3) is 4.51. The lowest BCUT2D eigenvalue weighted by Crippen LogP contribution is -2.44. The van der Waals surface area contributed by atoms with Gasteiger partial charge < -0.3 is 10.0 Å². The Balaban J connectivity index is 1.37. The maximum atomic E-state index is 9.67. The lowest BCUT2D eigenvalue weighted by Gasteiger charge is -2.35. The second kappa shape index (κ2) is 8.00. The molecule has 27 heavy (non-hydrogen) atoms. The van der Waals surface area contributed by atoms with Crippen molar-refractivity contribution in [2.45, 2.75) is 45.1 Å².